The van der Waals surface area contributed by atoms with Gasteiger partial charge in [-0.2, -0.15) is 0 Å². The largest absolute Gasteiger partial charge is 0.497 e. The zero-order valence-electron chi connectivity index (χ0n) is 15.5. The second-order valence-electron chi connectivity index (χ2n) is 6.26. The first-order valence-electron chi connectivity index (χ1n) is 8.78. The molecule has 3 N–H and O–H groups in total. The predicted molar refractivity (Wildman–Crippen MR) is 106 cm³/mol. The molecule has 0 aliphatic heterocycles. The monoisotopic (exact) mass is 390 g/mol. The lowest BCUT2D eigenvalue weighted by atomic mass is 10.1. The standard InChI is InChI=1S/C20H18N6O3/c1-29-16-8-6-15(7-9-16)24-18-17-19(22-11-21-18)26(12-23-17)10-13-2-4-14(5-3-13)20(27)25-28/h2-9,11-12,28H,10H2,1H3,(H,25,27)(H,21,22,24). The van der Waals surface area contributed by atoms with E-state index in [1.54, 1.807) is 31.0 Å². The van der Waals surface area contributed by atoms with Crippen molar-refractivity contribution in [2.24, 2.45) is 0 Å². The highest BCUT2D eigenvalue weighted by Crippen LogP contribution is 2.23. The Morgan fingerprint density at radius 3 is 2.52 bits per heavy atom. The van der Waals surface area contributed by atoms with Gasteiger partial charge in [0.2, 0.25) is 0 Å². The van der Waals surface area contributed by atoms with Gasteiger partial charge in [0.1, 0.15) is 12.1 Å². The van der Waals surface area contributed by atoms with E-state index in [2.05, 4.69) is 20.3 Å². The molecule has 0 fully saturated rings. The molecule has 0 spiro atoms. The molecule has 29 heavy (non-hydrogen) atoms. The van der Waals surface area contributed by atoms with Gasteiger partial charge in [-0.25, -0.2) is 20.4 Å². The van der Waals surface area contributed by atoms with E-state index in [4.69, 9.17) is 9.94 Å². The van der Waals surface area contributed by atoms with Gasteiger partial charge >= 0.3 is 0 Å². The van der Waals surface area contributed by atoms with Gasteiger partial charge in [-0.15, -0.1) is 0 Å². The van der Waals surface area contributed by atoms with Crippen LogP contribution in [0, 0.1) is 0 Å². The third kappa shape index (κ3) is 3.85. The molecular weight excluding hydrogens is 372 g/mol. The summed E-state index contributed by atoms with van der Waals surface area (Å²) in [6.07, 6.45) is 3.19. The summed E-state index contributed by atoms with van der Waals surface area (Å²) in [4.78, 5) is 24.6. The topological polar surface area (TPSA) is 114 Å². The number of amides is 1. The van der Waals surface area contributed by atoms with E-state index in [-0.39, 0.29) is 0 Å². The summed E-state index contributed by atoms with van der Waals surface area (Å²) in [6.45, 7) is 0.524. The number of anilines is 2. The SMILES string of the molecule is COc1ccc(Nc2ncnc3c2ncn3Cc2ccc(C(=O)NO)cc2)cc1. The predicted octanol–water partition coefficient (Wildman–Crippen LogP) is 2.75. The van der Waals surface area contributed by atoms with Crippen LogP contribution in [0.3, 0.4) is 0 Å². The van der Waals surface area contributed by atoms with Crippen molar-refractivity contribution >= 4 is 28.6 Å². The Hall–Kier alpha value is -3.98. The van der Waals surface area contributed by atoms with Crippen LogP contribution in [0.5, 0.6) is 5.75 Å². The van der Waals surface area contributed by atoms with E-state index < -0.39 is 5.91 Å². The molecule has 0 bridgehead atoms. The minimum atomic E-state index is -0.549. The Labute approximate surface area is 166 Å². The number of fused-ring (bicyclic) bond motifs is 1. The quantitative estimate of drug-likeness (QED) is 0.343. The van der Waals surface area contributed by atoms with Crippen molar-refractivity contribution in [3.05, 3.63) is 72.3 Å². The Morgan fingerprint density at radius 2 is 1.83 bits per heavy atom. The summed E-state index contributed by atoms with van der Waals surface area (Å²) in [6, 6.07) is 14.4. The number of methoxy groups -OCH3 is 1. The van der Waals surface area contributed by atoms with Gasteiger partial charge in [0, 0.05) is 11.3 Å². The van der Waals surface area contributed by atoms with Gasteiger partial charge in [0.05, 0.1) is 20.0 Å². The minimum absolute atomic E-state index is 0.375. The Morgan fingerprint density at radius 1 is 1.07 bits per heavy atom. The third-order valence-corrected chi connectivity index (χ3v) is 4.42. The first-order valence-corrected chi connectivity index (χ1v) is 8.78. The Bertz CT molecular complexity index is 1140. The smallest absolute Gasteiger partial charge is 0.274 e. The van der Waals surface area contributed by atoms with Crippen molar-refractivity contribution in [1.29, 1.82) is 0 Å². The summed E-state index contributed by atoms with van der Waals surface area (Å²) < 4.78 is 7.07. The van der Waals surface area contributed by atoms with Gasteiger partial charge in [0.25, 0.3) is 5.91 Å². The number of aromatic nitrogens is 4. The molecule has 1 amide bonds. The fraction of sp³-hybridized carbons (Fsp3) is 0.100. The van der Waals surface area contributed by atoms with Crippen LogP contribution in [0.4, 0.5) is 11.5 Å². The summed E-state index contributed by atoms with van der Waals surface area (Å²) in [5.41, 5.74) is 5.15. The second-order valence-corrected chi connectivity index (χ2v) is 6.26. The van der Waals surface area contributed by atoms with Crippen LogP contribution in [0.1, 0.15) is 15.9 Å². The molecule has 4 aromatic rings. The van der Waals surface area contributed by atoms with E-state index in [9.17, 15) is 4.79 Å². The number of imidazole rings is 1. The summed E-state index contributed by atoms with van der Waals surface area (Å²) in [5.74, 6) is 0.829. The lowest BCUT2D eigenvalue weighted by Gasteiger charge is -2.08. The number of carbonyl (C=O) groups is 1. The first kappa shape index (κ1) is 18.4. The molecule has 9 heteroatoms. The van der Waals surface area contributed by atoms with Crippen LogP contribution < -0.4 is 15.5 Å². The molecule has 2 aromatic heterocycles. The van der Waals surface area contributed by atoms with Crippen LogP contribution >= 0.6 is 0 Å². The van der Waals surface area contributed by atoms with E-state index in [1.165, 1.54) is 6.33 Å². The molecule has 0 unspecified atom stereocenters. The minimum Gasteiger partial charge on any atom is -0.497 e. The van der Waals surface area contributed by atoms with Crippen LogP contribution in [0.2, 0.25) is 0 Å². The fourth-order valence-electron chi connectivity index (χ4n) is 2.92. The van der Waals surface area contributed by atoms with Crippen LogP contribution in [-0.4, -0.2) is 37.7 Å². The highest BCUT2D eigenvalue weighted by Gasteiger charge is 2.11. The van der Waals surface area contributed by atoms with Crippen molar-refractivity contribution in [3.63, 3.8) is 0 Å². The van der Waals surface area contributed by atoms with Crippen LogP contribution in [-0.2, 0) is 6.54 Å². The molecule has 0 saturated heterocycles. The van der Waals surface area contributed by atoms with E-state index in [0.717, 1.165) is 17.0 Å². The Balaban J connectivity index is 1.57. The van der Waals surface area contributed by atoms with E-state index in [1.807, 2.05) is 41.0 Å². The summed E-state index contributed by atoms with van der Waals surface area (Å²) >= 11 is 0. The molecule has 0 atom stereocenters. The number of nitrogens with one attached hydrogen (secondary N) is 2. The van der Waals surface area contributed by atoms with Crippen molar-refractivity contribution in [2.45, 2.75) is 6.54 Å². The Kier molecular flexibility index (Phi) is 5.04. The van der Waals surface area contributed by atoms with Gasteiger partial charge in [-0.1, -0.05) is 12.1 Å². The average molecular weight is 390 g/mol. The number of carbonyl (C=O) groups excluding carboxylic acids is 1. The molecule has 146 valence electrons. The second kappa shape index (κ2) is 7.95. The van der Waals surface area contributed by atoms with Gasteiger partial charge in [-0.3, -0.25) is 10.0 Å². The molecule has 2 heterocycles. The van der Waals surface area contributed by atoms with Gasteiger partial charge in [-0.05, 0) is 42.0 Å². The number of hydrogen-bond donors (Lipinski definition) is 3. The number of nitrogens with zero attached hydrogens (tertiary/aromatic N) is 4. The highest BCUT2D eigenvalue weighted by molar-refractivity contribution is 5.93. The molecule has 9 nitrogen and oxygen atoms in total. The highest BCUT2D eigenvalue weighted by atomic mass is 16.5. The average Bonchev–Trinajstić information content (AvgIpc) is 3.18. The zero-order chi connectivity index (χ0) is 20.2. The van der Waals surface area contributed by atoms with Crippen LogP contribution in [0.15, 0.2) is 61.2 Å². The fourth-order valence-corrected chi connectivity index (χ4v) is 2.92. The lowest BCUT2D eigenvalue weighted by Crippen LogP contribution is -2.18. The lowest BCUT2D eigenvalue weighted by molar-refractivity contribution is 0.0706. The zero-order valence-corrected chi connectivity index (χ0v) is 15.5. The maximum atomic E-state index is 11.4. The molecular formula is C20H18N6O3. The van der Waals surface area contributed by atoms with Crippen molar-refractivity contribution < 1.29 is 14.7 Å². The number of ether oxygens (including phenoxy) is 1. The third-order valence-electron chi connectivity index (χ3n) is 4.42. The normalized spacial score (nSPS) is 10.7. The van der Waals surface area contributed by atoms with Gasteiger partial charge < -0.3 is 14.6 Å². The van der Waals surface area contributed by atoms with E-state index in [0.29, 0.717) is 29.1 Å². The maximum Gasteiger partial charge on any atom is 0.274 e. The molecule has 0 saturated carbocycles. The molecule has 0 aliphatic rings. The first-order chi connectivity index (χ1) is 14.2. The number of benzene rings is 2. The van der Waals surface area contributed by atoms with Crippen molar-refractivity contribution in [3.8, 4) is 5.75 Å². The van der Waals surface area contributed by atoms with Crippen molar-refractivity contribution in [1.82, 2.24) is 25.0 Å². The number of hydroxylamine groups is 1. The molecule has 0 aliphatic carbocycles. The maximum absolute atomic E-state index is 11.4. The summed E-state index contributed by atoms with van der Waals surface area (Å²) in [5, 5.41) is 12.0. The molecule has 0 radical (unpaired) electrons. The van der Waals surface area contributed by atoms with Gasteiger partial charge in [0.15, 0.2) is 17.0 Å². The van der Waals surface area contributed by atoms with E-state index >= 15 is 0 Å². The number of hydrogen-bond acceptors (Lipinski definition) is 7. The molecule has 4 rings (SSSR count). The number of rotatable bonds is 6. The van der Waals surface area contributed by atoms with Crippen LogP contribution in [0.25, 0.3) is 11.2 Å². The molecule has 2 aromatic carbocycles. The van der Waals surface area contributed by atoms with Crippen molar-refractivity contribution in [2.75, 3.05) is 12.4 Å². The summed E-state index contributed by atoms with van der Waals surface area (Å²) in [7, 11) is 1.62.